The summed E-state index contributed by atoms with van der Waals surface area (Å²) in [6.45, 7) is 0. The van der Waals surface area contributed by atoms with E-state index in [1.807, 2.05) is 30.3 Å². The molecule has 1 amide bonds. The van der Waals surface area contributed by atoms with E-state index in [-0.39, 0.29) is 28.7 Å². The number of hydrogen-bond acceptors (Lipinski definition) is 3. The van der Waals surface area contributed by atoms with Crippen molar-refractivity contribution in [2.75, 3.05) is 0 Å². The largest absolute Gasteiger partial charge is 0.273 e. The monoisotopic (exact) mass is 367 g/mol. The summed E-state index contributed by atoms with van der Waals surface area (Å²) in [5.74, 6) is 0.578. The summed E-state index contributed by atoms with van der Waals surface area (Å²) < 4.78 is 28.0. The zero-order chi connectivity index (χ0) is 17.9. The van der Waals surface area contributed by atoms with Crippen LogP contribution in [0.25, 0.3) is 0 Å². The molecule has 0 unspecified atom stereocenters. The van der Waals surface area contributed by atoms with Gasteiger partial charge in [0.2, 0.25) is 5.91 Å². The molecule has 0 N–H and O–H groups in total. The molecule has 2 saturated carbocycles. The average Bonchev–Trinajstić information content (AvgIpc) is 3.35. The summed E-state index contributed by atoms with van der Waals surface area (Å²) in [4.78, 5) is 13.5. The molecule has 0 radical (unpaired) electrons. The van der Waals surface area contributed by atoms with Crippen molar-refractivity contribution >= 4 is 15.9 Å². The van der Waals surface area contributed by atoms with E-state index in [1.54, 1.807) is 30.3 Å². The Morgan fingerprint density at radius 3 is 2.15 bits per heavy atom. The molecular formula is C21H21NO3S. The summed E-state index contributed by atoms with van der Waals surface area (Å²) in [7, 11) is -3.86. The minimum absolute atomic E-state index is 0.113. The Balaban J connectivity index is 1.67. The molecule has 0 aromatic heterocycles. The summed E-state index contributed by atoms with van der Waals surface area (Å²) >= 11 is 0. The van der Waals surface area contributed by atoms with Crippen molar-refractivity contribution < 1.29 is 13.2 Å². The Labute approximate surface area is 153 Å². The SMILES string of the molecule is O=C1[C@H]2[C@@H]3CC[C@@H](C3)[C@H]2[C@@H](c2ccccc2)N1S(=O)(=O)c1ccccc1. The highest BCUT2D eigenvalue weighted by Crippen LogP contribution is 2.62. The summed E-state index contributed by atoms with van der Waals surface area (Å²) in [5, 5.41) is 0. The van der Waals surface area contributed by atoms with Gasteiger partial charge in [-0.25, -0.2) is 12.7 Å². The molecule has 1 heterocycles. The average molecular weight is 367 g/mol. The molecule has 134 valence electrons. The number of carbonyl (C=O) groups is 1. The topological polar surface area (TPSA) is 54.5 Å². The molecule has 2 aromatic carbocycles. The highest BCUT2D eigenvalue weighted by atomic mass is 32.2. The lowest BCUT2D eigenvalue weighted by Crippen LogP contribution is -2.37. The Kier molecular flexibility index (Phi) is 3.51. The first kappa shape index (κ1) is 16.1. The van der Waals surface area contributed by atoms with Gasteiger partial charge in [0.15, 0.2) is 0 Å². The number of fused-ring (bicyclic) bond motifs is 5. The second-order valence-corrected chi connectivity index (χ2v) is 9.56. The van der Waals surface area contributed by atoms with Gasteiger partial charge in [0.05, 0.1) is 10.9 Å². The number of carbonyl (C=O) groups excluding carboxylic acids is 1. The fraction of sp³-hybridized carbons (Fsp3) is 0.381. The van der Waals surface area contributed by atoms with E-state index in [9.17, 15) is 13.2 Å². The molecule has 2 bridgehead atoms. The lowest BCUT2D eigenvalue weighted by Gasteiger charge is -2.30. The van der Waals surface area contributed by atoms with Gasteiger partial charge in [0, 0.05) is 5.92 Å². The molecule has 2 aromatic rings. The van der Waals surface area contributed by atoms with Crippen molar-refractivity contribution in [1.82, 2.24) is 4.31 Å². The summed E-state index contributed by atoms with van der Waals surface area (Å²) in [5.41, 5.74) is 0.931. The number of nitrogens with zero attached hydrogens (tertiary/aromatic N) is 1. The van der Waals surface area contributed by atoms with Crippen LogP contribution in [0.1, 0.15) is 30.9 Å². The van der Waals surface area contributed by atoms with Crippen molar-refractivity contribution in [2.45, 2.75) is 30.2 Å². The molecule has 5 heteroatoms. The fourth-order valence-electron chi connectivity index (χ4n) is 5.58. The van der Waals surface area contributed by atoms with E-state index in [4.69, 9.17) is 0 Å². The minimum atomic E-state index is -3.86. The van der Waals surface area contributed by atoms with E-state index < -0.39 is 10.0 Å². The van der Waals surface area contributed by atoms with Crippen LogP contribution in [-0.2, 0) is 14.8 Å². The van der Waals surface area contributed by atoms with E-state index >= 15 is 0 Å². The van der Waals surface area contributed by atoms with Gasteiger partial charge >= 0.3 is 0 Å². The van der Waals surface area contributed by atoms with Crippen LogP contribution in [0.2, 0.25) is 0 Å². The first-order valence-electron chi connectivity index (χ1n) is 9.27. The Morgan fingerprint density at radius 2 is 1.46 bits per heavy atom. The van der Waals surface area contributed by atoms with E-state index in [0.29, 0.717) is 11.8 Å². The number of hydrogen-bond donors (Lipinski definition) is 0. The van der Waals surface area contributed by atoms with Crippen LogP contribution in [-0.4, -0.2) is 18.6 Å². The molecule has 0 spiro atoms. The van der Waals surface area contributed by atoms with Crippen LogP contribution in [0.5, 0.6) is 0 Å². The maximum atomic E-state index is 13.4. The van der Waals surface area contributed by atoms with Gasteiger partial charge in [-0.15, -0.1) is 0 Å². The van der Waals surface area contributed by atoms with Crippen LogP contribution >= 0.6 is 0 Å². The minimum Gasteiger partial charge on any atom is -0.273 e. The van der Waals surface area contributed by atoms with Crippen LogP contribution in [0.4, 0.5) is 0 Å². The summed E-state index contributed by atoms with van der Waals surface area (Å²) in [6, 6.07) is 17.7. The van der Waals surface area contributed by atoms with Gasteiger partial charge in [-0.1, -0.05) is 48.5 Å². The molecule has 3 aliphatic rings. The van der Waals surface area contributed by atoms with Gasteiger partial charge in [0.1, 0.15) is 0 Å². The van der Waals surface area contributed by atoms with E-state index in [0.717, 1.165) is 24.8 Å². The first-order chi connectivity index (χ1) is 12.6. The van der Waals surface area contributed by atoms with Gasteiger partial charge in [0.25, 0.3) is 10.0 Å². The van der Waals surface area contributed by atoms with Crippen LogP contribution < -0.4 is 0 Å². The third-order valence-corrected chi connectivity index (χ3v) is 8.33. The van der Waals surface area contributed by atoms with Crippen molar-refractivity contribution in [1.29, 1.82) is 0 Å². The molecule has 4 nitrogen and oxygen atoms in total. The molecule has 5 atom stereocenters. The second-order valence-electron chi connectivity index (χ2n) is 7.74. The molecule has 26 heavy (non-hydrogen) atoms. The number of sulfonamides is 1. The zero-order valence-electron chi connectivity index (χ0n) is 14.4. The maximum Gasteiger partial charge on any atom is 0.267 e. The van der Waals surface area contributed by atoms with Gasteiger partial charge in [-0.05, 0) is 54.7 Å². The van der Waals surface area contributed by atoms with Crippen molar-refractivity contribution in [3.05, 3.63) is 66.2 Å². The molecule has 3 fully saturated rings. The van der Waals surface area contributed by atoms with Crippen molar-refractivity contribution in [3.63, 3.8) is 0 Å². The quantitative estimate of drug-likeness (QED) is 0.833. The van der Waals surface area contributed by atoms with Gasteiger partial charge < -0.3 is 0 Å². The third kappa shape index (κ3) is 2.13. The zero-order valence-corrected chi connectivity index (χ0v) is 15.2. The highest BCUT2D eigenvalue weighted by molar-refractivity contribution is 7.89. The highest BCUT2D eigenvalue weighted by Gasteiger charge is 2.63. The van der Waals surface area contributed by atoms with Gasteiger partial charge in [-0.2, -0.15) is 0 Å². The van der Waals surface area contributed by atoms with Crippen LogP contribution in [0, 0.1) is 23.7 Å². The molecule has 5 rings (SSSR count). The Hall–Kier alpha value is -2.14. The Morgan fingerprint density at radius 1 is 0.846 bits per heavy atom. The number of rotatable bonds is 3. The number of benzene rings is 2. The van der Waals surface area contributed by atoms with Crippen LogP contribution in [0.3, 0.4) is 0 Å². The maximum absolute atomic E-state index is 13.4. The molecule has 2 aliphatic carbocycles. The first-order valence-corrected chi connectivity index (χ1v) is 10.7. The smallest absolute Gasteiger partial charge is 0.267 e. The molecular weight excluding hydrogens is 346 g/mol. The predicted octanol–water partition coefficient (Wildman–Crippen LogP) is 3.62. The standard InChI is InChI=1S/C21H21NO3S/c23-21-19-16-12-11-15(13-16)18(19)20(14-7-3-1-4-8-14)22(21)26(24,25)17-9-5-2-6-10-17/h1-10,15-16,18-20H,11-13H2/t15-,16+,18+,19-,20+/m0/s1. The predicted molar refractivity (Wildman–Crippen MR) is 97.5 cm³/mol. The molecule has 1 aliphatic heterocycles. The van der Waals surface area contributed by atoms with Crippen molar-refractivity contribution in [2.24, 2.45) is 23.7 Å². The van der Waals surface area contributed by atoms with Crippen molar-refractivity contribution in [3.8, 4) is 0 Å². The fourth-order valence-corrected chi connectivity index (χ4v) is 7.23. The van der Waals surface area contributed by atoms with E-state index in [1.165, 1.54) is 4.31 Å². The van der Waals surface area contributed by atoms with Crippen LogP contribution in [0.15, 0.2) is 65.6 Å². The Bertz CT molecular complexity index is 942. The van der Waals surface area contributed by atoms with E-state index in [2.05, 4.69) is 0 Å². The third-order valence-electron chi connectivity index (χ3n) is 6.54. The lowest BCUT2D eigenvalue weighted by atomic mass is 9.76. The van der Waals surface area contributed by atoms with Gasteiger partial charge in [-0.3, -0.25) is 4.79 Å². The normalized spacial score (nSPS) is 32.8. The molecule has 1 saturated heterocycles. The lowest BCUT2D eigenvalue weighted by molar-refractivity contribution is -0.129. The number of amides is 1. The second kappa shape index (κ2) is 5.68. The summed E-state index contributed by atoms with van der Waals surface area (Å²) in [6.07, 6.45) is 3.24.